The molecule has 2 unspecified atom stereocenters. The molecular weight excluding hydrogens is 399 g/mol. The standard InChI is InChI=1S/C10H19NO4.C4H10N3O5P/c1-5-10(14)15-8(6-9(12)13)7-11(2,3)4;1-7(2-3(8)9)4(5)6-13(10,11)12/h8H,5-7H2,1-4H3;2H2,1H3,(H,8,9)(H4,5,6,10,11,12). The van der Waals surface area contributed by atoms with Crippen molar-refractivity contribution in [3.8, 4) is 0 Å². The largest absolute Gasteiger partial charge is 0.760 e. The zero-order valence-electron chi connectivity index (χ0n) is 16.6. The molecule has 14 heteroatoms. The molecule has 28 heavy (non-hydrogen) atoms. The van der Waals surface area contributed by atoms with Gasteiger partial charge < -0.3 is 39.9 Å². The summed E-state index contributed by atoms with van der Waals surface area (Å²) in [6.07, 6.45) is -0.413. The normalized spacial score (nSPS) is 14.8. The van der Waals surface area contributed by atoms with Gasteiger partial charge in [-0.05, 0) is 0 Å². The highest BCUT2D eigenvalue weighted by Gasteiger charge is 2.24. The Hall–Kier alpha value is -2.21. The Morgan fingerprint density at radius 2 is 1.75 bits per heavy atom. The number of guanidine groups is 1. The van der Waals surface area contributed by atoms with Gasteiger partial charge in [0.15, 0.2) is 12.1 Å². The van der Waals surface area contributed by atoms with Gasteiger partial charge in [0.1, 0.15) is 13.1 Å². The summed E-state index contributed by atoms with van der Waals surface area (Å²) < 4.78 is 18.5. The van der Waals surface area contributed by atoms with Gasteiger partial charge in [0.25, 0.3) is 7.75 Å². The van der Waals surface area contributed by atoms with Crippen molar-refractivity contribution < 1.29 is 48.2 Å². The van der Waals surface area contributed by atoms with Crippen LogP contribution in [-0.4, -0.2) is 95.7 Å². The van der Waals surface area contributed by atoms with Crippen LogP contribution in [0.3, 0.4) is 0 Å². The molecule has 5 N–H and O–H groups in total. The van der Waals surface area contributed by atoms with Gasteiger partial charge >= 0.3 is 17.9 Å². The zero-order chi connectivity index (χ0) is 22.7. The number of rotatable bonds is 9. The van der Waals surface area contributed by atoms with E-state index in [1.807, 2.05) is 21.1 Å². The number of carbonyl (C=O) groups excluding carboxylic acids is 1. The fourth-order valence-electron chi connectivity index (χ4n) is 1.71. The number of quaternary nitrogens is 1. The fraction of sp³-hybridized carbons (Fsp3) is 0.714. The van der Waals surface area contributed by atoms with Gasteiger partial charge in [0.2, 0.25) is 0 Å². The van der Waals surface area contributed by atoms with Crippen LogP contribution >= 0.6 is 7.75 Å². The van der Waals surface area contributed by atoms with Crippen molar-refractivity contribution in [1.82, 2.24) is 4.90 Å². The monoisotopic (exact) mass is 428 g/mol. The van der Waals surface area contributed by atoms with Crippen LogP contribution in [0.5, 0.6) is 0 Å². The molecule has 2 atom stereocenters. The Morgan fingerprint density at radius 3 is 2.07 bits per heavy atom. The Labute approximate surface area is 163 Å². The van der Waals surface area contributed by atoms with E-state index in [-0.39, 0.29) is 18.8 Å². The summed E-state index contributed by atoms with van der Waals surface area (Å²) in [6.45, 7) is 1.68. The van der Waals surface area contributed by atoms with E-state index in [0.717, 1.165) is 4.90 Å². The molecule has 0 amide bonds. The molecule has 0 rings (SSSR count). The van der Waals surface area contributed by atoms with Gasteiger partial charge in [0.05, 0.1) is 27.6 Å². The van der Waals surface area contributed by atoms with Gasteiger partial charge in [-0.25, -0.2) is 0 Å². The van der Waals surface area contributed by atoms with Crippen molar-refractivity contribution in [2.24, 2.45) is 10.5 Å². The molecule has 0 fully saturated rings. The van der Waals surface area contributed by atoms with Gasteiger partial charge in [-0.3, -0.25) is 18.9 Å². The van der Waals surface area contributed by atoms with Gasteiger partial charge in [0, 0.05) is 13.5 Å². The number of likely N-dealkylation sites (N-methyl/N-ethyl adjacent to an activating group) is 2. The summed E-state index contributed by atoms with van der Waals surface area (Å²) in [7, 11) is 2.16. The first-order valence-corrected chi connectivity index (χ1v) is 9.54. The minimum atomic E-state index is -4.84. The number of hydrogen-bond donors (Lipinski definition) is 4. The number of nitrogens with two attached hydrogens (primary N) is 1. The molecule has 0 aromatic carbocycles. The summed E-state index contributed by atoms with van der Waals surface area (Å²) in [4.78, 5) is 51.0. The Kier molecular flexibility index (Phi) is 12.3. The van der Waals surface area contributed by atoms with Crippen LogP contribution in [0.1, 0.15) is 19.8 Å². The van der Waals surface area contributed by atoms with Crippen molar-refractivity contribution >= 4 is 31.6 Å². The maximum absolute atomic E-state index is 11.1. The van der Waals surface area contributed by atoms with Crippen LogP contribution in [0, 0.1) is 0 Å². The molecule has 0 spiro atoms. The summed E-state index contributed by atoms with van der Waals surface area (Å²) in [6, 6.07) is 0. The number of aliphatic carboxylic acids is 2. The molecule has 0 aliphatic rings. The summed E-state index contributed by atoms with van der Waals surface area (Å²) >= 11 is 0. The van der Waals surface area contributed by atoms with Crippen molar-refractivity contribution in [1.29, 1.82) is 0 Å². The number of carbonyl (C=O) groups is 3. The second kappa shape index (κ2) is 12.3. The molecule has 0 bridgehead atoms. The van der Waals surface area contributed by atoms with E-state index in [4.69, 9.17) is 25.6 Å². The van der Waals surface area contributed by atoms with Crippen LogP contribution in [0.15, 0.2) is 4.76 Å². The van der Waals surface area contributed by atoms with E-state index < -0.39 is 38.3 Å². The Morgan fingerprint density at radius 1 is 1.25 bits per heavy atom. The van der Waals surface area contributed by atoms with E-state index in [1.165, 1.54) is 7.05 Å². The molecule has 0 heterocycles. The highest BCUT2D eigenvalue weighted by molar-refractivity contribution is 7.49. The second-order valence-corrected chi connectivity index (χ2v) is 7.92. The average Bonchev–Trinajstić information content (AvgIpc) is 2.42. The van der Waals surface area contributed by atoms with Crippen molar-refractivity contribution in [2.45, 2.75) is 25.9 Å². The number of hydrogen-bond acceptors (Lipinski definition) is 6. The van der Waals surface area contributed by atoms with E-state index in [0.29, 0.717) is 11.0 Å². The smallest absolute Gasteiger partial charge is 0.323 e. The lowest BCUT2D eigenvalue weighted by molar-refractivity contribution is -0.873. The van der Waals surface area contributed by atoms with Crippen LogP contribution in [0.25, 0.3) is 0 Å². The number of carboxylic acids is 2. The minimum Gasteiger partial charge on any atom is -0.760 e. The van der Waals surface area contributed by atoms with Crippen LogP contribution in [0.4, 0.5) is 0 Å². The third-order valence-corrected chi connectivity index (χ3v) is 3.19. The summed E-state index contributed by atoms with van der Waals surface area (Å²) in [5, 5.41) is 16.9. The zero-order valence-corrected chi connectivity index (χ0v) is 17.5. The fourth-order valence-corrected chi connectivity index (χ4v) is 2.12. The van der Waals surface area contributed by atoms with Crippen LogP contribution in [-0.2, 0) is 23.7 Å². The number of ether oxygens (including phenoxy) is 1. The second-order valence-electron chi connectivity index (χ2n) is 6.73. The maximum Gasteiger partial charge on any atom is 0.323 e. The summed E-state index contributed by atoms with van der Waals surface area (Å²) in [5.74, 6) is -3.07. The molecule has 0 saturated carbocycles. The molecular formula is C14H29N4O9P. The maximum atomic E-state index is 11.1. The third kappa shape index (κ3) is 18.6. The number of esters is 1. The first-order valence-electron chi connectivity index (χ1n) is 8.01. The molecule has 0 aliphatic carbocycles. The predicted molar refractivity (Wildman–Crippen MR) is 97.0 cm³/mol. The molecule has 0 aromatic heterocycles. The average molecular weight is 428 g/mol. The first-order chi connectivity index (χ1) is 12.5. The van der Waals surface area contributed by atoms with Gasteiger partial charge in [-0.2, -0.15) is 4.76 Å². The quantitative estimate of drug-likeness (QED) is 0.107. The summed E-state index contributed by atoms with van der Waals surface area (Å²) in [5.41, 5.74) is 5.03. The minimum absolute atomic E-state index is 0.138. The lowest BCUT2D eigenvalue weighted by atomic mass is 10.2. The third-order valence-electron chi connectivity index (χ3n) is 2.73. The molecule has 13 nitrogen and oxygen atoms in total. The lowest BCUT2D eigenvalue weighted by Gasteiger charge is -2.28. The SMILES string of the molecule is CCC(=O)OC(CC(=O)O)C[N+](C)(C)C.CN(CC(=O)O)/C(N)=N/P(=O)([O-])O. The number of nitrogens with zero attached hydrogens (tertiary/aromatic N) is 3. The molecule has 0 aromatic rings. The van der Waals surface area contributed by atoms with E-state index in [9.17, 15) is 23.8 Å². The van der Waals surface area contributed by atoms with Crippen LogP contribution < -0.4 is 10.6 Å². The molecule has 0 saturated heterocycles. The van der Waals surface area contributed by atoms with E-state index >= 15 is 0 Å². The highest BCUT2D eigenvalue weighted by atomic mass is 31.2. The van der Waals surface area contributed by atoms with Gasteiger partial charge in [-0.1, -0.05) is 6.92 Å². The lowest BCUT2D eigenvalue weighted by Crippen LogP contribution is -2.43. The highest BCUT2D eigenvalue weighted by Crippen LogP contribution is 2.30. The van der Waals surface area contributed by atoms with Gasteiger partial charge in [-0.15, -0.1) is 0 Å². The van der Waals surface area contributed by atoms with E-state index in [1.54, 1.807) is 6.92 Å². The van der Waals surface area contributed by atoms with Crippen molar-refractivity contribution in [3.05, 3.63) is 0 Å². The van der Waals surface area contributed by atoms with Crippen molar-refractivity contribution in [3.63, 3.8) is 0 Å². The molecule has 164 valence electrons. The number of carboxylic acid groups (broad SMARTS) is 2. The molecule has 0 aliphatic heterocycles. The van der Waals surface area contributed by atoms with Crippen molar-refractivity contribution in [2.75, 3.05) is 41.3 Å². The predicted octanol–water partition coefficient (Wildman–Crippen LogP) is -1.73. The Bertz CT molecular complexity index is 612. The Balaban J connectivity index is 0. The van der Waals surface area contributed by atoms with Crippen LogP contribution in [0.2, 0.25) is 0 Å². The topological polar surface area (TPSA) is 203 Å². The van der Waals surface area contributed by atoms with E-state index in [2.05, 4.69) is 4.76 Å². The first kappa shape index (κ1) is 28.0. The molecule has 0 radical (unpaired) electrons.